The minimum Gasteiger partial charge on any atom is -0.359 e. The van der Waals surface area contributed by atoms with Gasteiger partial charge >= 0.3 is 0 Å². The van der Waals surface area contributed by atoms with E-state index in [2.05, 4.69) is 11.2 Å². The van der Waals surface area contributed by atoms with E-state index in [1.165, 1.54) is 11.8 Å². The Balaban J connectivity index is 1.69. The van der Waals surface area contributed by atoms with Crippen molar-refractivity contribution in [2.45, 2.75) is 38.1 Å². The number of aromatic nitrogens is 1. The van der Waals surface area contributed by atoms with Gasteiger partial charge in [-0.1, -0.05) is 25.1 Å². The highest BCUT2D eigenvalue weighted by Gasteiger charge is 2.27. The third kappa shape index (κ3) is 3.93. The van der Waals surface area contributed by atoms with Crippen LogP contribution in [0.2, 0.25) is 0 Å². The number of nitrogens with zero attached hydrogens (tertiary/aromatic N) is 3. The molecule has 0 unspecified atom stereocenters. The summed E-state index contributed by atoms with van der Waals surface area (Å²) in [5.41, 5.74) is 2.81. The smallest absolute Gasteiger partial charge is 0.242 e. The Hall–Kier alpha value is -2.28. The van der Waals surface area contributed by atoms with Crippen molar-refractivity contribution in [2.24, 2.45) is 0 Å². The molecule has 1 aromatic heterocycles. The minimum absolute atomic E-state index is 0.0249. The first kappa shape index (κ1) is 18.5. The quantitative estimate of drug-likeness (QED) is 0.805. The lowest BCUT2D eigenvalue weighted by Crippen LogP contribution is -2.43. The summed E-state index contributed by atoms with van der Waals surface area (Å²) in [6.07, 6.45) is 0. The molecule has 1 aliphatic heterocycles. The Bertz CT molecular complexity index is 831. The lowest BCUT2D eigenvalue weighted by molar-refractivity contribution is -0.130. The number of amides is 2. The van der Waals surface area contributed by atoms with Gasteiger partial charge in [0.1, 0.15) is 6.54 Å². The van der Waals surface area contributed by atoms with Crippen LogP contribution in [-0.4, -0.2) is 41.2 Å². The van der Waals surface area contributed by atoms with Gasteiger partial charge in [-0.25, -0.2) is 0 Å². The first-order chi connectivity index (χ1) is 12.3. The lowest BCUT2D eigenvalue weighted by atomic mass is 10.1. The Labute approximate surface area is 157 Å². The van der Waals surface area contributed by atoms with E-state index in [0.717, 1.165) is 21.8 Å². The molecule has 7 heteroatoms. The fourth-order valence-corrected chi connectivity index (χ4v) is 3.77. The van der Waals surface area contributed by atoms with Gasteiger partial charge in [-0.2, -0.15) is 0 Å². The second-order valence-corrected chi connectivity index (χ2v) is 7.88. The number of anilines is 1. The SMILES string of the molecule is Cc1ccc2c(c1)SCC(=O)N2CC(=O)N(C)Cc1cc(C(C)C)no1. The van der Waals surface area contributed by atoms with Crippen LogP contribution in [0.3, 0.4) is 0 Å². The average Bonchev–Trinajstić information content (AvgIpc) is 3.06. The molecule has 0 aliphatic carbocycles. The van der Waals surface area contributed by atoms with E-state index in [4.69, 9.17) is 4.52 Å². The summed E-state index contributed by atoms with van der Waals surface area (Å²) >= 11 is 1.52. The molecule has 0 radical (unpaired) electrons. The van der Waals surface area contributed by atoms with Crippen molar-refractivity contribution in [1.29, 1.82) is 0 Å². The fourth-order valence-electron chi connectivity index (χ4n) is 2.74. The van der Waals surface area contributed by atoms with Gasteiger partial charge < -0.3 is 14.3 Å². The first-order valence-electron chi connectivity index (χ1n) is 8.58. The van der Waals surface area contributed by atoms with Crippen molar-refractivity contribution in [3.63, 3.8) is 0 Å². The molecule has 0 saturated heterocycles. The molecular weight excluding hydrogens is 350 g/mol. The molecule has 1 aromatic carbocycles. The number of likely N-dealkylation sites (N-methyl/N-ethyl adjacent to an activating group) is 1. The van der Waals surface area contributed by atoms with Gasteiger partial charge in [0.2, 0.25) is 11.8 Å². The largest absolute Gasteiger partial charge is 0.359 e. The molecule has 0 spiro atoms. The van der Waals surface area contributed by atoms with Gasteiger partial charge in [0.15, 0.2) is 5.76 Å². The maximum absolute atomic E-state index is 12.6. The van der Waals surface area contributed by atoms with Gasteiger partial charge in [-0.15, -0.1) is 11.8 Å². The number of hydrogen-bond donors (Lipinski definition) is 0. The topological polar surface area (TPSA) is 66.7 Å². The normalized spacial score (nSPS) is 13.9. The molecule has 0 N–H and O–H groups in total. The van der Waals surface area contributed by atoms with Crippen molar-refractivity contribution in [1.82, 2.24) is 10.1 Å². The first-order valence-corrected chi connectivity index (χ1v) is 9.57. The lowest BCUT2D eigenvalue weighted by Gasteiger charge is -2.30. The highest BCUT2D eigenvalue weighted by atomic mass is 32.2. The molecule has 3 rings (SSSR count). The average molecular weight is 373 g/mol. The van der Waals surface area contributed by atoms with E-state index >= 15 is 0 Å². The van der Waals surface area contributed by atoms with E-state index < -0.39 is 0 Å². The number of benzene rings is 1. The van der Waals surface area contributed by atoms with Crippen LogP contribution in [0.1, 0.15) is 36.8 Å². The van der Waals surface area contributed by atoms with Crippen LogP contribution in [0.15, 0.2) is 33.7 Å². The maximum atomic E-state index is 12.6. The summed E-state index contributed by atoms with van der Waals surface area (Å²) in [6.45, 7) is 6.45. The third-order valence-corrected chi connectivity index (χ3v) is 5.37. The van der Waals surface area contributed by atoms with E-state index in [1.54, 1.807) is 16.8 Å². The number of hydrogen-bond acceptors (Lipinski definition) is 5. The molecule has 0 saturated carbocycles. The molecule has 6 nitrogen and oxygen atoms in total. The Morgan fingerprint density at radius 3 is 2.85 bits per heavy atom. The minimum atomic E-state index is -0.140. The summed E-state index contributed by atoms with van der Waals surface area (Å²) < 4.78 is 5.30. The number of carbonyl (C=O) groups excluding carboxylic acids is 2. The zero-order valence-corrected chi connectivity index (χ0v) is 16.3. The van der Waals surface area contributed by atoms with Gasteiger partial charge in [0.25, 0.3) is 0 Å². The summed E-state index contributed by atoms with van der Waals surface area (Å²) in [5, 5.41) is 4.01. The monoisotopic (exact) mass is 373 g/mol. The van der Waals surface area contributed by atoms with Crippen LogP contribution in [0.4, 0.5) is 5.69 Å². The summed E-state index contributed by atoms with van der Waals surface area (Å²) in [6, 6.07) is 7.79. The highest BCUT2D eigenvalue weighted by molar-refractivity contribution is 8.00. The number of aryl methyl sites for hydroxylation is 1. The van der Waals surface area contributed by atoms with Crippen molar-refractivity contribution in [3.8, 4) is 0 Å². The molecule has 2 amide bonds. The van der Waals surface area contributed by atoms with E-state index in [-0.39, 0.29) is 24.3 Å². The summed E-state index contributed by atoms with van der Waals surface area (Å²) in [5.74, 6) is 1.08. The second kappa shape index (κ2) is 7.53. The number of rotatable bonds is 5. The van der Waals surface area contributed by atoms with Crippen LogP contribution in [0.5, 0.6) is 0 Å². The second-order valence-electron chi connectivity index (χ2n) is 6.86. The third-order valence-electron chi connectivity index (χ3n) is 4.34. The standard InChI is InChI=1S/C19H23N3O3S/c1-12(2)15-8-14(25-20-15)9-21(4)18(23)10-22-16-6-5-13(3)7-17(16)26-11-19(22)24/h5-8,12H,9-11H2,1-4H3. The van der Waals surface area contributed by atoms with Gasteiger partial charge in [-0.05, 0) is 30.5 Å². The van der Waals surface area contributed by atoms with Gasteiger partial charge in [0.05, 0.1) is 23.7 Å². The molecule has 0 bridgehead atoms. The maximum Gasteiger partial charge on any atom is 0.242 e. The zero-order valence-electron chi connectivity index (χ0n) is 15.5. The fraction of sp³-hybridized carbons (Fsp3) is 0.421. The van der Waals surface area contributed by atoms with E-state index in [9.17, 15) is 9.59 Å². The molecular formula is C19H23N3O3S. The Morgan fingerprint density at radius 1 is 1.38 bits per heavy atom. The number of fused-ring (bicyclic) bond motifs is 1. The van der Waals surface area contributed by atoms with Crippen LogP contribution in [0, 0.1) is 6.92 Å². The molecule has 1 aliphatic rings. The van der Waals surface area contributed by atoms with Crippen LogP contribution in [-0.2, 0) is 16.1 Å². The predicted octanol–water partition coefficient (Wildman–Crippen LogP) is 3.20. The molecule has 2 aromatic rings. The van der Waals surface area contributed by atoms with Crippen LogP contribution >= 0.6 is 11.8 Å². The van der Waals surface area contributed by atoms with Crippen LogP contribution < -0.4 is 4.90 Å². The van der Waals surface area contributed by atoms with Crippen molar-refractivity contribution >= 4 is 29.3 Å². The Kier molecular flexibility index (Phi) is 5.36. The van der Waals surface area contributed by atoms with Gasteiger partial charge in [-0.3, -0.25) is 9.59 Å². The molecule has 0 atom stereocenters. The van der Waals surface area contributed by atoms with E-state index in [1.807, 2.05) is 39.0 Å². The molecule has 26 heavy (non-hydrogen) atoms. The molecule has 138 valence electrons. The zero-order chi connectivity index (χ0) is 18.8. The van der Waals surface area contributed by atoms with Gasteiger partial charge in [0, 0.05) is 18.0 Å². The van der Waals surface area contributed by atoms with Crippen LogP contribution in [0.25, 0.3) is 0 Å². The summed E-state index contributed by atoms with van der Waals surface area (Å²) in [4.78, 5) is 29.2. The number of carbonyl (C=O) groups is 2. The predicted molar refractivity (Wildman–Crippen MR) is 101 cm³/mol. The number of thioether (sulfide) groups is 1. The molecule has 2 heterocycles. The molecule has 0 fully saturated rings. The van der Waals surface area contributed by atoms with Crippen molar-refractivity contribution in [2.75, 3.05) is 24.2 Å². The Morgan fingerprint density at radius 2 is 2.15 bits per heavy atom. The van der Waals surface area contributed by atoms with Crippen molar-refractivity contribution in [3.05, 3.63) is 41.3 Å². The highest BCUT2D eigenvalue weighted by Crippen LogP contribution is 2.35. The summed E-state index contributed by atoms with van der Waals surface area (Å²) in [7, 11) is 1.71. The van der Waals surface area contributed by atoms with Crippen molar-refractivity contribution < 1.29 is 14.1 Å². The van der Waals surface area contributed by atoms with E-state index in [0.29, 0.717) is 18.1 Å².